The molecule has 0 aromatic heterocycles. The molecule has 0 fully saturated rings. The molecule has 2 nitrogen and oxygen atoms in total. The van der Waals surface area contributed by atoms with Gasteiger partial charge in [-0.2, -0.15) is 0 Å². The highest BCUT2D eigenvalue weighted by Gasteiger charge is 2.28. The molecule has 1 aliphatic heterocycles. The van der Waals surface area contributed by atoms with Gasteiger partial charge in [-0.15, -0.1) is 0 Å². The van der Waals surface area contributed by atoms with Crippen LogP contribution in [0.1, 0.15) is 22.7 Å². The summed E-state index contributed by atoms with van der Waals surface area (Å²) in [7, 11) is 0. The van der Waals surface area contributed by atoms with Crippen LogP contribution in [-0.2, 0) is 0 Å². The van der Waals surface area contributed by atoms with Crippen LogP contribution in [-0.4, -0.2) is 11.5 Å². The van der Waals surface area contributed by atoms with Gasteiger partial charge in [-0.25, -0.2) is 4.99 Å². The van der Waals surface area contributed by atoms with Gasteiger partial charge in [0.2, 0.25) is 0 Å². The second-order valence-corrected chi connectivity index (χ2v) is 7.81. The maximum Gasteiger partial charge on any atom is 0.155 e. The Morgan fingerprint density at radius 3 is 1.94 bits per heavy atom. The summed E-state index contributed by atoms with van der Waals surface area (Å²) >= 11 is 0. The summed E-state index contributed by atoms with van der Waals surface area (Å²) in [6.45, 7) is 0. The van der Waals surface area contributed by atoms with E-state index in [2.05, 4.69) is 97.1 Å². The summed E-state index contributed by atoms with van der Waals surface area (Å²) in [6, 6.07) is 40.0. The van der Waals surface area contributed by atoms with Crippen LogP contribution in [0.5, 0.6) is 0 Å². The van der Waals surface area contributed by atoms with E-state index in [0.29, 0.717) is 0 Å². The molecule has 0 saturated heterocycles. The molecule has 2 heteroatoms. The molecule has 1 heterocycles. The van der Waals surface area contributed by atoms with Gasteiger partial charge in [-0.1, -0.05) is 115 Å². The summed E-state index contributed by atoms with van der Waals surface area (Å²) in [5, 5.41) is 4.87. The maximum absolute atomic E-state index is 5.16. The summed E-state index contributed by atoms with van der Waals surface area (Å²) < 4.78 is 0. The number of hydrogen-bond acceptors (Lipinski definition) is 2. The standard InChI is InChI=1S/C29H20N2/c1-2-12-22(13-3-1)29-30-27(25-18-8-14-20-10-4-6-16-23(20)25)28(31-29)26-19-9-15-21-11-5-7-17-24(21)26/h1-19,27H. The van der Waals surface area contributed by atoms with Crippen LogP contribution < -0.4 is 0 Å². The average Bonchev–Trinajstić information content (AvgIpc) is 3.29. The highest BCUT2D eigenvalue weighted by molar-refractivity contribution is 6.23. The number of hydrogen-bond donors (Lipinski definition) is 0. The lowest BCUT2D eigenvalue weighted by molar-refractivity contribution is 0.999. The average molecular weight is 396 g/mol. The lowest BCUT2D eigenvalue weighted by atomic mass is 9.91. The van der Waals surface area contributed by atoms with Crippen molar-refractivity contribution in [3.8, 4) is 0 Å². The van der Waals surface area contributed by atoms with Crippen LogP contribution in [0, 0.1) is 0 Å². The fraction of sp³-hybridized carbons (Fsp3) is 0.0345. The third-order valence-corrected chi connectivity index (χ3v) is 5.95. The number of nitrogens with zero attached hydrogens (tertiary/aromatic N) is 2. The number of rotatable bonds is 3. The van der Waals surface area contributed by atoms with Gasteiger partial charge in [0.15, 0.2) is 5.84 Å². The van der Waals surface area contributed by atoms with Crippen LogP contribution in [0.2, 0.25) is 0 Å². The van der Waals surface area contributed by atoms with Crippen molar-refractivity contribution in [2.75, 3.05) is 0 Å². The van der Waals surface area contributed by atoms with E-state index in [1.807, 2.05) is 18.2 Å². The summed E-state index contributed by atoms with van der Waals surface area (Å²) in [4.78, 5) is 10.3. The Kier molecular flexibility index (Phi) is 4.21. The van der Waals surface area contributed by atoms with Crippen molar-refractivity contribution in [3.63, 3.8) is 0 Å². The third-order valence-electron chi connectivity index (χ3n) is 5.95. The molecule has 0 radical (unpaired) electrons. The SMILES string of the molecule is c1ccc(C2=NC(c3cccc4ccccc34)C(c3cccc4ccccc34)=N2)cc1. The minimum atomic E-state index is -0.146. The topological polar surface area (TPSA) is 24.7 Å². The zero-order valence-electron chi connectivity index (χ0n) is 16.9. The molecule has 0 aliphatic carbocycles. The monoisotopic (exact) mass is 396 g/mol. The van der Waals surface area contributed by atoms with Crippen molar-refractivity contribution in [2.45, 2.75) is 6.04 Å². The molecule has 0 bridgehead atoms. The van der Waals surface area contributed by atoms with Crippen molar-refractivity contribution in [3.05, 3.63) is 132 Å². The third kappa shape index (κ3) is 3.04. The molecule has 5 aromatic rings. The Morgan fingerprint density at radius 1 is 0.516 bits per heavy atom. The minimum absolute atomic E-state index is 0.146. The van der Waals surface area contributed by atoms with Crippen molar-refractivity contribution in [1.29, 1.82) is 0 Å². The Bertz CT molecular complexity index is 1470. The summed E-state index contributed by atoms with van der Waals surface area (Å²) in [6.07, 6.45) is 0. The molecular formula is C29H20N2. The van der Waals surface area contributed by atoms with E-state index in [0.717, 1.165) is 22.7 Å². The number of benzene rings is 5. The van der Waals surface area contributed by atoms with Gasteiger partial charge in [0.05, 0.1) is 5.71 Å². The second-order valence-electron chi connectivity index (χ2n) is 7.81. The first-order valence-corrected chi connectivity index (χ1v) is 10.6. The fourth-order valence-corrected chi connectivity index (χ4v) is 4.48. The van der Waals surface area contributed by atoms with E-state index in [9.17, 15) is 0 Å². The first-order chi connectivity index (χ1) is 15.4. The Morgan fingerprint density at radius 2 is 1.13 bits per heavy atom. The molecule has 31 heavy (non-hydrogen) atoms. The lowest BCUT2D eigenvalue weighted by Crippen LogP contribution is -2.10. The number of fused-ring (bicyclic) bond motifs is 2. The molecule has 1 unspecified atom stereocenters. The predicted molar refractivity (Wildman–Crippen MR) is 130 cm³/mol. The van der Waals surface area contributed by atoms with E-state index in [4.69, 9.17) is 9.98 Å². The molecule has 1 atom stereocenters. The molecule has 0 amide bonds. The van der Waals surface area contributed by atoms with Gasteiger partial charge in [0, 0.05) is 11.1 Å². The van der Waals surface area contributed by atoms with Crippen molar-refractivity contribution < 1.29 is 0 Å². The Hall–Kier alpha value is -4.04. The van der Waals surface area contributed by atoms with E-state index in [1.54, 1.807) is 0 Å². The summed E-state index contributed by atoms with van der Waals surface area (Å²) in [5.74, 6) is 0.793. The van der Waals surface area contributed by atoms with E-state index < -0.39 is 0 Å². The quantitative estimate of drug-likeness (QED) is 0.314. The number of amidine groups is 1. The van der Waals surface area contributed by atoms with Crippen LogP contribution in [0.15, 0.2) is 125 Å². The van der Waals surface area contributed by atoms with Crippen molar-refractivity contribution >= 4 is 33.1 Å². The van der Waals surface area contributed by atoms with Crippen LogP contribution in [0.3, 0.4) is 0 Å². The van der Waals surface area contributed by atoms with Crippen molar-refractivity contribution in [1.82, 2.24) is 0 Å². The zero-order chi connectivity index (χ0) is 20.6. The van der Waals surface area contributed by atoms with Gasteiger partial charge in [-0.05, 0) is 27.1 Å². The highest BCUT2D eigenvalue weighted by atomic mass is 15.0. The second kappa shape index (κ2) is 7.33. The van der Waals surface area contributed by atoms with Gasteiger partial charge >= 0.3 is 0 Å². The van der Waals surface area contributed by atoms with E-state index >= 15 is 0 Å². The predicted octanol–water partition coefficient (Wildman–Crippen LogP) is 6.98. The van der Waals surface area contributed by atoms with E-state index in [1.165, 1.54) is 27.1 Å². The molecule has 0 spiro atoms. The Labute approximate surface area is 181 Å². The Balaban J connectivity index is 1.60. The first-order valence-electron chi connectivity index (χ1n) is 10.6. The first kappa shape index (κ1) is 17.8. The molecule has 0 saturated carbocycles. The molecule has 1 aliphatic rings. The molecule has 146 valence electrons. The van der Waals surface area contributed by atoms with Crippen LogP contribution in [0.4, 0.5) is 0 Å². The lowest BCUT2D eigenvalue weighted by Gasteiger charge is -2.16. The largest absolute Gasteiger partial charge is 0.251 e. The summed E-state index contributed by atoms with van der Waals surface area (Å²) in [5.41, 5.74) is 4.39. The van der Waals surface area contributed by atoms with E-state index in [-0.39, 0.29) is 6.04 Å². The van der Waals surface area contributed by atoms with Crippen LogP contribution in [0.25, 0.3) is 21.5 Å². The minimum Gasteiger partial charge on any atom is -0.251 e. The van der Waals surface area contributed by atoms with Crippen molar-refractivity contribution in [2.24, 2.45) is 9.98 Å². The molecule has 0 N–H and O–H groups in total. The fourth-order valence-electron chi connectivity index (χ4n) is 4.48. The van der Waals surface area contributed by atoms with Gasteiger partial charge in [0.1, 0.15) is 6.04 Å². The van der Waals surface area contributed by atoms with Gasteiger partial charge < -0.3 is 0 Å². The normalized spacial score (nSPS) is 15.8. The number of aliphatic imine (C=N–C) groups is 2. The zero-order valence-corrected chi connectivity index (χ0v) is 16.9. The molecular weight excluding hydrogens is 376 g/mol. The molecule has 6 rings (SSSR count). The maximum atomic E-state index is 5.16. The van der Waals surface area contributed by atoms with Gasteiger partial charge in [-0.3, -0.25) is 4.99 Å². The molecule has 5 aromatic carbocycles. The van der Waals surface area contributed by atoms with Crippen LogP contribution >= 0.6 is 0 Å². The smallest absolute Gasteiger partial charge is 0.155 e. The van der Waals surface area contributed by atoms with Gasteiger partial charge in [0.25, 0.3) is 0 Å². The highest BCUT2D eigenvalue weighted by Crippen LogP contribution is 2.35.